The number of carbonyl (C=O) groups excluding carboxylic acids is 1. The molecule has 2 rings (SSSR count). The van der Waals surface area contributed by atoms with Crippen LogP contribution in [0.5, 0.6) is 0 Å². The third-order valence-electron chi connectivity index (χ3n) is 2.05. The van der Waals surface area contributed by atoms with Crippen molar-refractivity contribution in [1.29, 1.82) is 0 Å². The molecule has 64 valence electrons. The Labute approximate surface area is 75.5 Å². The lowest BCUT2D eigenvalue weighted by molar-refractivity contribution is -0.113. The van der Waals surface area contributed by atoms with Gasteiger partial charge in [-0.05, 0) is 25.6 Å². The van der Waals surface area contributed by atoms with Gasteiger partial charge in [0, 0.05) is 12.2 Å². The molecule has 4 heteroatoms. The van der Waals surface area contributed by atoms with Gasteiger partial charge in [0.05, 0.1) is 11.4 Å². The maximum absolute atomic E-state index is 11.1. The van der Waals surface area contributed by atoms with Crippen LogP contribution in [0.25, 0.3) is 0 Å². The molecule has 0 spiro atoms. The Bertz CT molecular complexity index is 306. The topological polar surface area (TPSA) is 32.7 Å². The van der Waals surface area contributed by atoms with Crippen molar-refractivity contribution in [2.45, 2.75) is 13.8 Å². The van der Waals surface area contributed by atoms with Gasteiger partial charge >= 0.3 is 0 Å². The molecular weight excluding hydrogens is 172 g/mol. The Kier molecular flexibility index (Phi) is 1.72. The van der Waals surface area contributed by atoms with Crippen molar-refractivity contribution in [1.82, 2.24) is 4.90 Å². The van der Waals surface area contributed by atoms with Gasteiger partial charge in [0.15, 0.2) is 11.0 Å². The average molecular weight is 182 g/mol. The molecule has 0 aromatic rings. The van der Waals surface area contributed by atoms with Gasteiger partial charge in [0.1, 0.15) is 0 Å². The summed E-state index contributed by atoms with van der Waals surface area (Å²) in [6, 6.07) is 0. The summed E-state index contributed by atoms with van der Waals surface area (Å²) >= 11 is 1.50. The number of thioether (sulfide) groups is 1. The molecule has 0 aromatic carbocycles. The van der Waals surface area contributed by atoms with E-state index in [9.17, 15) is 4.79 Å². The zero-order chi connectivity index (χ0) is 8.72. The number of aliphatic imine (C=N–C) groups is 1. The molecule has 2 heterocycles. The second kappa shape index (κ2) is 2.62. The predicted octanol–water partition coefficient (Wildman–Crippen LogP) is 1.23. The van der Waals surface area contributed by atoms with Gasteiger partial charge < -0.3 is 4.90 Å². The third-order valence-corrected chi connectivity index (χ3v) is 3.37. The zero-order valence-electron chi connectivity index (χ0n) is 7.13. The molecule has 0 radical (unpaired) electrons. The quantitative estimate of drug-likeness (QED) is 0.611. The first-order chi connectivity index (χ1) is 5.70. The highest BCUT2D eigenvalue weighted by molar-refractivity contribution is 8.18. The summed E-state index contributed by atoms with van der Waals surface area (Å²) in [7, 11) is 0. The lowest BCUT2D eigenvalue weighted by Crippen LogP contribution is -2.19. The van der Waals surface area contributed by atoms with Crippen molar-refractivity contribution in [3.05, 3.63) is 10.6 Å². The highest BCUT2D eigenvalue weighted by Crippen LogP contribution is 2.36. The normalized spacial score (nSPS) is 21.5. The molecule has 0 unspecified atom stereocenters. The molecule has 2 aliphatic rings. The van der Waals surface area contributed by atoms with Crippen LogP contribution in [0.3, 0.4) is 0 Å². The van der Waals surface area contributed by atoms with Gasteiger partial charge in [0.2, 0.25) is 0 Å². The smallest absolute Gasteiger partial charge is 0.168 e. The molecule has 0 aromatic heterocycles. The summed E-state index contributed by atoms with van der Waals surface area (Å²) < 4.78 is 0. The molecule has 0 bridgehead atoms. The Morgan fingerprint density at radius 3 is 3.00 bits per heavy atom. The Hall–Kier alpha value is -0.770. The van der Waals surface area contributed by atoms with E-state index in [1.807, 2.05) is 6.92 Å². The molecule has 0 fully saturated rings. The van der Waals surface area contributed by atoms with Crippen LogP contribution in [0.1, 0.15) is 13.8 Å². The van der Waals surface area contributed by atoms with Crippen LogP contribution < -0.4 is 0 Å². The second-order valence-electron chi connectivity index (χ2n) is 2.89. The van der Waals surface area contributed by atoms with Crippen molar-refractivity contribution in [3.63, 3.8) is 0 Å². The van der Waals surface area contributed by atoms with E-state index >= 15 is 0 Å². The second-order valence-corrected chi connectivity index (χ2v) is 3.87. The Morgan fingerprint density at radius 2 is 2.42 bits per heavy atom. The monoisotopic (exact) mass is 182 g/mol. The molecule has 3 nitrogen and oxygen atoms in total. The third kappa shape index (κ3) is 0.982. The minimum atomic E-state index is 0.148. The molecule has 0 N–H and O–H groups in total. The number of amidine groups is 1. The number of ketones is 1. The van der Waals surface area contributed by atoms with Crippen molar-refractivity contribution in [2.24, 2.45) is 4.99 Å². The number of hydrogen-bond acceptors (Lipinski definition) is 4. The first-order valence-corrected chi connectivity index (χ1v) is 4.73. The van der Waals surface area contributed by atoms with E-state index in [1.54, 1.807) is 6.92 Å². The molecule has 0 saturated carbocycles. The Morgan fingerprint density at radius 1 is 1.67 bits per heavy atom. The summed E-state index contributed by atoms with van der Waals surface area (Å²) in [6.45, 7) is 5.39. The maximum atomic E-state index is 11.1. The fourth-order valence-electron chi connectivity index (χ4n) is 1.44. The minimum absolute atomic E-state index is 0.148. The van der Waals surface area contributed by atoms with Gasteiger partial charge in [-0.2, -0.15) is 0 Å². The SMILES string of the molecule is CC(=O)C1=C(C)N2CCN=C2S1. The van der Waals surface area contributed by atoms with Crippen LogP contribution in [0.15, 0.2) is 15.6 Å². The lowest BCUT2D eigenvalue weighted by atomic mass is 10.3. The van der Waals surface area contributed by atoms with Crippen molar-refractivity contribution < 1.29 is 4.79 Å². The summed E-state index contributed by atoms with van der Waals surface area (Å²) in [5.41, 5.74) is 1.07. The van der Waals surface area contributed by atoms with Crippen LogP contribution in [0.4, 0.5) is 0 Å². The van der Waals surface area contributed by atoms with Crippen LogP contribution in [-0.2, 0) is 4.79 Å². The first kappa shape index (κ1) is 7.86. The Balaban J connectivity index is 2.33. The van der Waals surface area contributed by atoms with E-state index < -0.39 is 0 Å². The molecule has 0 aliphatic carbocycles. The van der Waals surface area contributed by atoms with Gasteiger partial charge in [-0.3, -0.25) is 9.79 Å². The van der Waals surface area contributed by atoms with Gasteiger partial charge in [-0.1, -0.05) is 0 Å². The van der Waals surface area contributed by atoms with E-state index in [-0.39, 0.29) is 5.78 Å². The van der Waals surface area contributed by atoms with Crippen molar-refractivity contribution >= 4 is 22.7 Å². The fourth-order valence-corrected chi connectivity index (χ4v) is 2.52. The molecule has 0 atom stereocenters. The summed E-state index contributed by atoms with van der Waals surface area (Å²) in [5.74, 6) is 0.148. The number of rotatable bonds is 1. The van der Waals surface area contributed by atoms with Gasteiger partial charge in [-0.25, -0.2) is 0 Å². The molecular formula is C8H10N2OS. The van der Waals surface area contributed by atoms with Crippen molar-refractivity contribution in [3.8, 4) is 0 Å². The van der Waals surface area contributed by atoms with E-state index in [2.05, 4.69) is 9.89 Å². The number of nitrogens with zero attached hydrogens (tertiary/aromatic N) is 2. The van der Waals surface area contributed by atoms with Gasteiger partial charge in [0.25, 0.3) is 0 Å². The number of hydrogen-bond donors (Lipinski definition) is 0. The van der Waals surface area contributed by atoms with E-state index in [1.165, 1.54) is 11.8 Å². The molecule has 0 saturated heterocycles. The zero-order valence-corrected chi connectivity index (χ0v) is 7.94. The van der Waals surface area contributed by atoms with E-state index in [0.717, 1.165) is 28.9 Å². The van der Waals surface area contributed by atoms with Crippen LogP contribution in [0, 0.1) is 0 Å². The minimum Gasteiger partial charge on any atom is -0.322 e. The number of fused-ring (bicyclic) bond motifs is 1. The summed E-state index contributed by atoms with van der Waals surface area (Å²) in [5, 5.41) is 0.998. The predicted molar refractivity (Wildman–Crippen MR) is 50.0 cm³/mol. The van der Waals surface area contributed by atoms with E-state index in [0.29, 0.717) is 0 Å². The maximum Gasteiger partial charge on any atom is 0.168 e. The molecule has 0 amide bonds. The van der Waals surface area contributed by atoms with Crippen LogP contribution in [-0.4, -0.2) is 28.9 Å². The van der Waals surface area contributed by atoms with Crippen molar-refractivity contribution in [2.75, 3.05) is 13.1 Å². The summed E-state index contributed by atoms with van der Waals surface area (Å²) in [6.07, 6.45) is 0. The molecule has 2 aliphatic heterocycles. The fraction of sp³-hybridized carbons (Fsp3) is 0.500. The van der Waals surface area contributed by atoms with Crippen LogP contribution in [0.2, 0.25) is 0 Å². The molecule has 12 heavy (non-hydrogen) atoms. The highest BCUT2D eigenvalue weighted by atomic mass is 32.2. The first-order valence-electron chi connectivity index (χ1n) is 3.92. The summed E-state index contributed by atoms with van der Waals surface area (Å²) in [4.78, 5) is 18.4. The standard InChI is InChI=1S/C8H10N2OS/c1-5-7(6(2)11)12-8-9-3-4-10(5)8/h3-4H2,1-2H3. The van der Waals surface area contributed by atoms with E-state index in [4.69, 9.17) is 0 Å². The van der Waals surface area contributed by atoms with Crippen LogP contribution >= 0.6 is 11.8 Å². The number of carbonyl (C=O) groups is 1. The largest absolute Gasteiger partial charge is 0.322 e. The van der Waals surface area contributed by atoms with Gasteiger partial charge in [-0.15, -0.1) is 0 Å². The highest BCUT2D eigenvalue weighted by Gasteiger charge is 2.31. The number of allylic oxidation sites excluding steroid dienone is 2. The number of Topliss-reactive ketones (excluding diaryl/α,β-unsaturated/α-hetero) is 1. The average Bonchev–Trinajstić information content (AvgIpc) is 2.53. The lowest BCUT2D eigenvalue weighted by Gasteiger charge is -2.11.